The Morgan fingerprint density at radius 2 is 1.61 bits per heavy atom. The summed E-state index contributed by atoms with van der Waals surface area (Å²) in [5.41, 5.74) is 0.371. The second-order valence-electron chi connectivity index (χ2n) is 6.79. The van der Waals surface area contributed by atoms with Crippen molar-refractivity contribution in [2.75, 3.05) is 23.3 Å². The summed E-state index contributed by atoms with van der Waals surface area (Å²) in [6.07, 6.45) is 5.50. The lowest BCUT2D eigenvalue weighted by atomic mass is 10.3. The Labute approximate surface area is 179 Å². The standard InChI is InChI=1S/C20H20N6O4S/c27-19-7-8-20(28)26(19)15-3-5-16(6-4-15)31(29,30)24-10-9-21-17-13-18(23-14-22-17)25-11-1-2-12-25/h1-6,11-14,24H,7-10H2,(H,21,22,23). The van der Waals surface area contributed by atoms with Crippen molar-refractivity contribution in [1.29, 1.82) is 0 Å². The minimum Gasteiger partial charge on any atom is -0.369 e. The number of anilines is 2. The summed E-state index contributed by atoms with van der Waals surface area (Å²) in [5.74, 6) is 0.698. The van der Waals surface area contributed by atoms with Gasteiger partial charge in [-0.1, -0.05) is 0 Å². The molecular weight excluding hydrogens is 420 g/mol. The van der Waals surface area contributed by atoms with Crippen LogP contribution in [-0.2, 0) is 19.6 Å². The molecule has 2 amide bonds. The lowest BCUT2D eigenvalue weighted by Gasteiger charge is -2.14. The van der Waals surface area contributed by atoms with Crippen molar-refractivity contribution in [3.63, 3.8) is 0 Å². The first-order valence-corrected chi connectivity index (χ1v) is 11.1. The van der Waals surface area contributed by atoms with E-state index >= 15 is 0 Å². The molecule has 0 radical (unpaired) electrons. The van der Waals surface area contributed by atoms with Crippen LogP contribution in [0.25, 0.3) is 5.82 Å². The molecular formula is C20H20N6O4S. The van der Waals surface area contributed by atoms with Gasteiger partial charge in [0.05, 0.1) is 10.6 Å². The first-order valence-electron chi connectivity index (χ1n) is 9.59. The van der Waals surface area contributed by atoms with Crippen LogP contribution in [0.5, 0.6) is 0 Å². The summed E-state index contributed by atoms with van der Waals surface area (Å²) in [6, 6.07) is 11.2. The quantitative estimate of drug-likeness (QED) is 0.399. The summed E-state index contributed by atoms with van der Waals surface area (Å²) in [6.45, 7) is 0.451. The van der Waals surface area contributed by atoms with Crippen LogP contribution in [0, 0.1) is 0 Å². The summed E-state index contributed by atoms with van der Waals surface area (Å²) in [7, 11) is -3.74. The fourth-order valence-corrected chi connectivity index (χ4v) is 4.20. The van der Waals surface area contributed by atoms with Crippen molar-refractivity contribution in [2.45, 2.75) is 17.7 Å². The van der Waals surface area contributed by atoms with Gasteiger partial charge < -0.3 is 9.88 Å². The first-order chi connectivity index (χ1) is 14.9. The van der Waals surface area contributed by atoms with Crippen molar-refractivity contribution in [2.24, 2.45) is 0 Å². The molecule has 0 bridgehead atoms. The average Bonchev–Trinajstić information content (AvgIpc) is 3.42. The van der Waals surface area contributed by atoms with Crippen LogP contribution in [-0.4, -0.2) is 47.9 Å². The van der Waals surface area contributed by atoms with Gasteiger partial charge in [0.2, 0.25) is 21.8 Å². The SMILES string of the molecule is O=C1CCC(=O)N1c1ccc(S(=O)(=O)NCCNc2cc(-n3cccc3)ncn2)cc1. The second kappa shape index (κ2) is 8.66. The molecule has 1 aliphatic rings. The topological polar surface area (TPSA) is 126 Å². The molecule has 31 heavy (non-hydrogen) atoms. The second-order valence-corrected chi connectivity index (χ2v) is 8.56. The molecule has 1 fully saturated rings. The van der Waals surface area contributed by atoms with Crippen LogP contribution in [0.15, 0.2) is 66.1 Å². The number of rotatable bonds is 8. The molecule has 2 aromatic heterocycles. The summed E-state index contributed by atoms with van der Waals surface area (Å²) >= 11 is 0. The molecule has 0 unspecified atom stereocenters. The monoisotopic (exact) mass is 440 g/mol. The van der Waals surface area contributed by atoms with Crippen LogP contribution in [0.4, 0.5) is 11.5 Å². The maximum absolute atomic E-state index is 12.5. The first kappa shape index (κ1) is 20.7. The highest BCUT2D eigenvalue weighted by Crippen LogP contribution is 2.23. The van der Waals surface area contributed by atoms with Gasteiger partial charge in [0.25, 0.3) is 0 Å². The van der Waals surface area contributed by atoms with E-state index in [0.717, 1.165) is 4.90 Å². The molecule has 3 heterocycles. The Hall–Kier alpha value is -3.57. The molecule has 1 saturated heterocycles. The molecule has 0 saturated carbocycles. The molecule has 0 spiro atoms. The number of hydrogen-bond donors (Lipinski definition) is 2. The highest BCUT2D eigenvalue weighted by molar-refractivity contribution is 7.89. The van der Waals surface area contributed by atoms with Gasteiger partial charge in [-0.05, 0) is 36.4 Å². The molecule has 0 aliphatic carbocycles. The highest BCUT2D eigenvalue weighted by Gasteiger charge is 2.30. The molecule has 1 aliphatic heterocycles. The number of amides is 2. The lowest BCUT2D eigenvalue weighted by Crippen LogP contribution is -2.30. The number of benzene rings is 1. The predicted octanol–water partition coefficient (Wildman–Crippen LogP) is 1.31. The summed E-state index contributed by atoms with van der Waals surface area (Å²) < 4.78 is 29.3. The van der Waals surface area contributed by atoms with Crippen molar-refractivity contribution in [3.8, 4) is 5.82 Å². The fourth-order valence-electron chi connectivity index (χ4n) is 3.17. The lowest BCUT2D eigenvalue weighted by molar-refractivity contribution is -0.121. The van der Waals surface area contributed by atoms with Gasteiger partial charge in [0.15, 0.2) is 0 Å². The van der Waals surface area contributed by atoms with Gasteiger partial charge in [0, 0.05) is 44.4 Å². The van der Waals surface area contributed by atoms with Crippen LogP contribution < -0.4 is 14.9 Å². The van der Waals surface area contributed by atoms with E-state index in [9.17, 15) is 18.0 Å². The molecule has 1 aromatic carbocycles. The molecule has 2 N–H and O–H groups in total. The van der Waals surface area contributed by atoms with Crippen molar-refractivity contribution < 1.29 is 18.0 Å². The molecule has 11 heteroatoms. The van der Waals surface area contributed by atoms with Gasteiger partial charge in [-0.2, -0.15) is 0 Å². The van der Waals surface area contributed by atoms with Gasteiger partial charge in [0.1, 0.15) is 18.0 Å². The number of imide groups is 1. The largest absolute Gasteiger partial charge is 0.369 e. The number of hydrogen-bond acceptors (Lipinski definition) is 7. The van der Waals surface area contributed by atoms with Crippen molar-refractivity contribution in [3.05, 3.63) is 61.2 Å². The van der Waals surface area contributed by atoms with Crippen molar-refractivity contribution in [1.82, 2.24) is 19.3 Å². The molecule has 0 atom stereocenters. The number of aromatic nitrogens is 3. The maximum atomic E-state index is 12.5. The van der Waals surface area contributed by atoms with Crippen LogP contribution in [0.1, 0.15) is 12.8 Å². The van der Waals surface area contributed by atoms with E-state index < -0.39 is 10.0 Å². The summed E-state index contributed by atoms with van der Waals surface area (Å²) in [5, 5.41) is 3.05. The number of sulfonamides is 1. The molecule has 10 nitrogen and oxygen atoms in total. The van der Waals surface area contributed by atoms with Gasteiger partial charge in [-0.25, -0.2) is 23.1 Å². The Kier molecular flexibility index (Phi) is 5.78. The predicted molar refractivity (Wildman–Crippen MR) is 113 cm³/mol. The minimum absolute atomic E-state index is 0.0484. The fraction of sp³-hybridized carbons (Fsp3) is 0.200. The average molecular weight is 440 g/mol. The van der Waals surface area contributed by atoms with Crippen LogP contribution in [0.2, 0.25) is 0 Å². The number of nitrogens with one attached hydrogen (secondary N) is 2. The Balaban J connectivity index is 1.33. The molecule has 160 valence electrons. The van der Waals surface area contributed by atoms with E-state index in [1.807, 2.05) is 29.1 Å². The Morgan fingerprint density at radius 1 is 0.935 bits per heavy atom. The van der Waals surface area contributed by atoms with E-state index in [0.29, 0.717) is 23.9 Å². The van der Waals surface area contributed by atoms with Gasteiger partial charge >= 0.3 is 0 Å². The molecule has 3 aromatic rings. The Bertz CT molecular complexity index is 1180. The maximum Gasteiger partial charge on any atom is 0.240 e. The van der Waals surface area contributed by atoms with E-state index in [4.69, 9.17) is 0 Å². The van der Waals surface area contributed by atoms with E-state index in [-0.39, 0.29) is 36.1 Å². The van der Waals surface area contributed by atoms with Crippen molar-refractivity contribution >= 4 is 33.3 Å². The normalized spacial score (nSPS) is 14.3. The van der Waals surface area contributed by atoms with E-state index in [1.54, 1.807) is 6.07 Å². The zero-order valence-electron chi connectivity index (χ0n) is 16.4. The smallest absolute Gasteiger partial charge is 0.240 e. The minimum atomic E-state index is -3.74. The zero-order valence-corrected chi connectivity index (χ0v) is 17.2. The van der Waals surface area contributed by atoms with Gasteiger partial charge in [-0.3, -0.25) is 14.5 Å². The van der Waals surface area contributed by atoms with E-state index in [1.165, 1.54) is 30.6 Å². The van der Waals surface area contributed by atoms with E-state index in [2.05, 4.69) is 20.0 Å². The number of carbonyl (C=O) groups excluding carboxylic acids is 2. The third-order valence-corrected chi connectivity index (χ3v) is 6.18. The summed E-state index contributed by atoms with van der Waals surface area (Å²) in [4.78, 5) is 33.1. The van der Waals surface area contributed by atoms with Crippen LogP contribution in [0.3, 0.4) is 0 Å². The highest BCUT2D eigenvalue weighted by atomic mass is 32.2. The third kappa shape index (κ3) is 4.62. The Morgan fingerprint density at radius 3 is 2.29 bits per heavy atom. The molecule has 4 rings (SSSR count). The van der Waals surface area contributed by atoms with Gasteiger partial charge in [-0.15, -0.1) is 0 Å². The number of nitrogens with zero attached hydrogens (tertiary/aromatic N) is 4. The van der Waals surface area contributed by atoms with Crippen LogP contribution >= 0.6 is 0 Å². The number of carbonyl (C=O) groups is 2. The zero-order chi connectivity index (χ0) is 21.8. The third-order valence-electron chi connectivity index (χ3n) is 4.70.